The second-order valence-electron chi connectivity index (χ2n) is 8.09. The van der Waals surface area contributed by atoms with E-state index in [1.165, 1.54) is 4.31 Å². The third kappa shape index (κ3) is 5.26. The molecule has 3 atom stereocenters. The standard InChI is InChI=1S/C21H32N2O4S/c1-15(2)7-8-18-9-10-21-19(11-18)27-20(13-22(5)6)16(3)12-23(17(4)14-24)28(21,25)26/h9-11,15-17,20,24H,12-14H2,1-6H3/t16-,17+,20+/m1/s1. The molecule has 0 saturated carbocycles. The fraction of sp³-hybridized carbons (Fsp3) is 0.619. The highest BCUT2D eigenvalue weighted by atomic mass is 32.2. The molecular formula is C21H32N2O4S. The molecular weight excluding hydrogens is 376 g/mol. The molecule has 0 radical (unpaired) electrons. The lowest BCUT2D eigenvalue weighted by molar-refractivity contribution is 0.0812. The second-order valence-corrected chi connectivity index (χ2v) is 9.95. The molecule has 0 bridgehead atoms. The van der Waals surface area contributed by atoms with Gasteiger partial charge >= 0.3 is 0 Å². The lowest BCUT2D eigenvalue weighted by Crippen LogP contribution is -2.49. The maximum atomic E-state index is 13.3. The van der Waals surface area contributed by atoms with E-state index in [2.05, 4.69) is 11.8 Å². The minimum Gasteiger partial charge on any atom is -0.487 e. The van der Waals surface area contributed by atoms with E-state index in [9.17, 15) is 13.5 Å². The topological polar surface area (TPSA) is 70.1 Å². The number of benzene rings is 1. The summed E-state index contributed by atoms with van der Waals surface area (Å²) in [5.41, 5.74) is 0.723. The molecule has 156 valence electrons. The largest absolute Gasteiger partial charge is 0.487 e. The van der Waals surface area contributed by atoms with Crippen molar-refractivity contribution in [2.45, 2.75) is 44.7 Å². The van der Waals surface area contributed by atoms with E-state index >= 15 is 0 Å². The average Bonchev–Trinajstić information content (AvgIpc) is 2.61. The molecule has 0 aromatic heterocycles. The molecule has 1 heterocycles. The zero-order valence-electron chi connectivity index (χ0n) is 17.6. The Morgan fingerprint density at radius 1 is 1.32 bits per heavy atom. The van der Waals surface area contributed by atoms with E-state index < -0.39 is 16.1 Å². The number of fused-ring (bicyclic) bond motifs is 1. The van der Waals surface area contributed by atoms with Crippen molar-refractivity contribution >= 4 is 10.0 Å². The van der Waals surface area contributed by atoms with Crippen LogP contribution in [0.15, 0.2) is 23.1 Å². The number of hydrogen-bond donors (Lipinski definition) is 1. The highest BCUT2D eigenvalue weighted by Gasteiger charge is 2.37. The van der Waals surface area contributed by atoms with Gasteiger partial charge in [0.15, 0.2) is 0 Å². The van der Waals surface area contributed by atoms with Crippen LogP contribution in [0, 0.1) is 23.7 Å². The molecule has 6 nitrogen and oxygen atoms in total. The zero-order valence-corrected chi connectivity index (χ0v) is 18.5. The van der Waals surface area contributed by atoms with Gasteiger partial charge in [-0.1, -0.05) is 32.6 Å². The first kappa shape index (κ1) is 22.7. The Kier molecular flexibility index (Phi) is 7.52. The Hall–Kier alpha value is -1.59. The second kappa shape index (κ2) is 9.27. The van der Waals surface area contributed by atoms with Crippen LogP contribution in [0.3, 0.4) is 0 Å². The molecule has 7 heteroatoms. The smallest absolute Gasteiger partial charge is 0.247 e. The van der Waals surface area contributed by atoms with Gasteiger partial charge in [0.05, 0.1) is 6.61 Å². The summed E-state index contributed by atoms with van der Waals surface area (Å²) in [4.78, 5) is 2.15. The van der Waals surface area contributed by atoms with E-state index in [-0.39, 0.29) is 36.0 Å². The molecule has 2 rings (SSSR count). The number of nitrogens with zero attached hydrogens (tertiary/aromatic N) is 2. The Morgan fingerprint density at radius 2 is 2.00 bits per heavy atom. The van der Waals surface area contributed by atoms with Crippen LogP contribution in [0.4, 0.5) is 0 Å². The third-order valence-electron chi connectivity index (χ3n) is 4.72. The number of aliphatic hydroxyl groups excluding tert-OH is 1. The molecule has 1 aromatic rings. The van der Waals surface area contributed by atoms with Crippen molar-refractivity contribution in [2.75, 3.05) is 33.8 Å². The van der Waals surface area contributed by atoms with E-state index in [0.29, 0.717) is 12.3 Å². The van der Waals surface area contributed by atoms with Crippen molar-refractivity contribution < 1.29 is 18.3 Å². The molecule has 0 saturated heterocycles. The Labute approximate surface area is 169 Å². The van der Waals surface area contributed by atoms with Gasteiger partial charge in [0.1, 0.15) is 16.7 Å². The van der Waals surface area contributed by atoms with Crippen molar-refractivity contribution in [3.63, 3.8) is 0 Å². The third-order valence-corrected chi connectivity index (χ3v) is 6.74. The number of hydrogen-bond acceptors (Lipinski definition) is 5. The van der Waals surface area contributed by atoms with Crippen LogP contribution in [0.1, 0.15) is 33.3 Å². The highest BCUT2D eigenvalue weighted by Crippen LogP contribution is 2.34. The molecule has 0 spiro atoms. The summed E-state index contributed by atoms with van der Waals surface area (Å²) in [6.45, 7) is 8.42. The van der Waals surface area contributed by atoms with Crippen LogP contribution >= 0.6 is 0 Å². The summed E-state index contributed by atoms with van der Waals surface area (Å²) in [6, 6.07) is 4.47. The maximum Gasteiger partial charge on any atom is 0.247 e. The number of ether oxygens (including phenoxy) is 1. The fourth-order valence-corrected chi connectivity index (χ4v) is 4.93. The van der Waals surface area contributed by atoms with E-state index in [1.54, 1.807) is 25.1 Å². The summed E-state index contributed by atoms with van der Waals surface area (Å²) >= 11 is 0. The minimum absolute atomic E-state index is 0.0512. The van der Waals surface area contributed by atoms with E-state index in [0.717, 1.165) is 5.56 Å². The van der Waals surface area contributed by atoms with Gasteiger partial charge < -0.3 is 14.7 Å². The Balaban J connectivity index is 2.61. The average molecular weight is 409 g/mol. The molecule has 0 unspecified atom stereocenters. The van der Waals surface area contributed by atoms with Gasteiger partial charge in [-0.2, -0.15) is 4.31 Å². The van der Waals surface area contributed by atoms with Crippen LogP contribution in [0.2, 0.25) is 0 Å². The summed E-state index contributed by atoms with van der Waals surface area (Å²) in [5.74, 6) is 6.67. The number of likely N-dealkylation sites (N-methyl/N-ethyl adjacent to an activating group) is 1. The van der Waals surface area contributed by atoms with Crippen LogP contribution in [-0.4, -0.2) is 68.7 Å². The summed E-state index contributed by atoms with van der Waals surface area (Å²) in [5, 5.41) is 9.63. The van der Waals surface area contributed by atoms with E-state index in [4.69, 9.17) is 4.74 Å². The van der Waals surface area contributed by atoms with Crippen LogP contribution in [0.25, 0.3) is 0 Å². The van der Waals surface area contributed by atoms with Crippen molar-refractivity contribution in [2.24, 2.45) is 11.8 Å². The summed E-state index contributed by atoms with van der Waals surface area (Å²) in [7, 11) is 0.127. The van der Waals surface area contributed by atoms with Crippen molar-refractivity contribution in [1.29, 1.82) is 0 Å². The van der Waals surface area contributed by atoms with Crippen LogP contribution < -0.4 is 4.74 Å². The molecule has 0 aliphatic carbocycles. The highest BCUT2D eigenvalue weighted by molar-refractivity contribution is 7.89. The SMILES string of the molecule is CC(C)C#Cc1ccc2c(c1)O[C@@H](CN(C)C)[C@H](C)CN([C@@H](C)CO)S2(=O)=O. The number of rotatable bonds is 4. The molecule has 0 amide bonds. The maximum absolute atomic E-state index is 13.3. The van der Waals surface area contributed by atoms with Crippen LogP contribution in [-0.2, 0) is 10.0 Å². The molecule has 1 aliphatic rings. The molecule has 28 heavy (non-hydrogen) atoms. The predicted octanol–water partition coefficient (Wildman–Crippen LogP) is 2.02. The van der Waals surface area contributed by atoms with Gasteiger partial charge in [0, 0.05) is 36.5 Å². The van der Waals surface area contributed by atoms with Gasteiger partial charge in [-0.3, -0.25) is 0 Å². The number of aliphatic hydroxyl groups is 1. The summed E-state index contributed by atoms with van der Waals surface area (Å²) in [6.07, 6.45) is -0.189. The lowest BCUT2D eigenvalue weighted by Gasteiger charge is -2.37. The van der Waals surface area contributed by atoms with Gasteiger partial charge in [0.2, 0.25) is 10.0 Å². The Morgan fingerprint density at radius 3 is 2.57 bits per heavy atom. The number of sulfonamides is 1. The normalized spacial score (nSPS) is 23.2. The molecule has 1 N–H and O–H groups in total. The first-order valence-electron chi connectivity index (χ1n) is 9.66. The predicted molar refractivity (Wildman–Crippen MR) is 111 cm³/mol. The van der Waals surface area contributed by atoms with Crippen molar-refractivity contribution in [1.82, 2.24) is 9.21 Å². The van der Waals surface area contributed by atoms with Crippen molar-refractivity contribution in [3.05, 3.63) is 23.8 Å². The van der Waals surface area contributed by atoms with Gasteiger partial charge in [-0.05, 0) is 39.2 Å². The lowest BCUT2D eigenvalue weighted by atomic mass is 10.0. The minimum atomic E-state index is -3.80. The Bertz CT molecular complexity index is 840. The molecule has 1 aliphatic heterocycles. The summed E-state index contributed by atoms with van der Waals surface area (Å²) < 4.78 is 34.3. The van der Waals surface area contributed by atoms with Gasteiger partial charge in [0.25, 0.3) is 0 Å². The monoisotopic (exact) mass is 408 g/mol. The van der Waals surface area contributed by atoms with E-state index in [1.807, 2.05) is 39.8 Å². The molecule has 0 fully saturated rings. The first-order chi connectivity index (χ1) is 13.1. The van der Waals surface area contributed by atoms with Crippen molar-refractivity contribution in [3.8, 4) is 17.6 Å². The first-order valence-corrected chi connectivity index (χ1v) is 11.1. The zero-order chi connectivity index (χ0) is 21.1. The van der Waals surface area contributed by atoms with Gasteiger partial charge in [-0.15, -0.1) is 0 Å². The quantitative estimate of drug-likeness (QED) is 0.772. The molecule has 1 aromatic carbocycles. The van der Waals surface area contributed by atoms with Crippen LogP contribution in [0.5, 0.6) is 5.75 Å². The fourth-order valence-electron chi connectivity index (χ4n) is 3.11. The van der Waals surface area contributed by atoms with Gasteiger partial charge in [-0.25, -0.2) is 8.42 Å².